The molecule has 23 heavy (non-hydrogen) atoms. The van der Waals surface area contributed by atoms with E-state index < -0.39 is 11.7 Å². The summed E-state index contributed by atoms with van der Waals surface area (Å²) >= 11 is 10.9. The zero-order valence-electron chi connectivity index (χ0n) is 11.7. The topological polar surface area (TPSA) is 29.1 Å². The Morgan fingerprint density at radius 3 is 2.35 bits per heavy atom. The standard InChI is InChI=1S/C16H11ClF3NOS/c17-12-3-1-2-10(8-12)14(22)9-15(23)21-13-6-4-11(5-7-13)16(18,19)20/h1-8H,9H2,(H,21,23). The molecule has 0 unspecified atom stereocenters. The molecule has 0 saturated heterocycles. The number of carbonyl (C=O) groups excluding carboxylic acids is 1. The van der Waals surface area contributed by atoms with Crippen molar-refractivity contribution in [2.75, 3.05) is 5.32 Å². The molecule has 120 valence electrons. The number of hydrogen-bond acceptors (Lipinski definition) is 2. The molecular formula is C16H11ClF3NOS. The van der Waals surface area contributed by atoms with E-state index in [0.717, 1.165) is 12.1 Å². The van der Waals surface area contributed by atoms with Crippen LogP contribution in [0.15, 0.2) is 48.5 Å². The maximum atomic E-state index is 12.5. The molecule has 0 aliphatic heterocycles. The van der Waals surface area contributed by atoms with Crippen molar-refractivity contribution in [3.8, 4) is 0 Å². The molecule has 0 amide bonds. The summed E-state index contributed by atoms with van der Waals surface area (Å²) in [6, 6.07) is 10.9. The predicted octanol–water partition coefficient (Wildman–Crippen LogP) is 5.37. The third-order valence-corrected chi connectivity index (χ3v) is 3.45. The Morgan fingerprint density at radius 1 is 1.13 bits per heavy atom. The van der Waals surface area contributed by atoms with Gasteiger partial charge in [0.05, 0.1) is 17.0 Å². The van der Waals surface area contributed by atoms with E-state index in [1.165, 1.54) is 18.2 Å². The van der Waals surface area contributed by atoms with Crippen LogP contribution in [0.4, 0.5) is 18.9 Å². The fourth-order valence-corrected chi connectivity index (χ4v) is 2.30. The highest BCUT2D eigenvalue weighted by molar-refractivity contribution is 7.80. The van der Waals surface area contributed by atoms with E-state index in [1.807, 2.05) is 0 Å². The van der Waals surface area contributed by atoms with Crippen molar-refractivity contribution in [1.29, 1.82) is 0 Å². The minimum absolute atomic E-state index is 0.0588. The number of alkyl halides is 3. The average molecular weight is 358 g/mol. The summed E-state index contributed by atoms with van der Waals surface area (Å²) in [5, 5.41) is 3.19. The maximum absolute atomic E-state index is 12.5. The third-order valence-electron chi connectivity index (χ3n) is 2.96. The quantitative estimate of drug-likeness (QED) is 0.589. The van der Waals surface area contributed by atoms with Gasteiger partial charge >= 0.3 is 6.18 Å². The Balaban J connectivity index is 1.98. The normalized spacial score (nSPS) is 11.1. The monoisotopic (exact) mass is 357 g/mol. The Bertz CT molecular complexity index is 729. The highest BCUT2D eigenvalue weighted by Gasteiger charge is 2.29. The van der Waals surface area contributed by atoms with Crippen LogP contribution in [-0.2, 0) is 6.18 Å². The molecule has 2 rings (SSSR count). The van der Waals surface area contributed by atoms with Crippen LogP contribution in [0.25, 0.3) is 0 Å². The summed E-state index contributed by atoms with van der Waals surface area (Å²) in [6.45, 7) is 0. The van der Waals surface area contributed by atoms with Gasteiger partial charge in [-0.15, -0.1) is 0 Å². The fraction of sp³-hybridized carbons (Fsp3) is 0.125. The second-order valence-corrected chi connectivity index (χ2v) is 5.66. The first-order valence-electron chi connectivity index (χ1n) is 6.51. The lowest BCUT2D eigenvalue weighted by Crippen LogP contribution is -2.15. The van der Waals surface area contributed by atoms with Crippen molar-refractivity contribution in [2.24, 2.45) is 0 Å². The number of rotatable bonds is 4. The van der Waals surface area contributed by atoms with Crippen LogP contribution in [0.2, 0.25) is 5.02 Å². The lowest BCUT2D eigenvalue weighted by atomic mass is 10.1. The largest absolute Gasteiger partial charge is 0.416 e. The number of thiocarbonyl (C=S) groups is 1. The number of nitrogens with one attached hydrogen (secondary N) is 1. The molecule has 0 radical (unpaired) electrons. The van der Waals surface area contributed by atoms with Crippen molar-refractivity contribution >= 4 is 40.3 Å². The summed E-state index contributed by atoms with van der Waals surface area (Å²) < 4.78 is 37.4. The SMILES string of the molecule is O=C(CC(=S)Nc1ccc(C(F)(F)F)cc1)c1cccc(Cl)c1. The highest BCUT2D eigenvalue weighted by Crippen LogP contribution is 2.29. The van der Waals surface area contributed by atoms with Crippen LogP contribution in [-0.4, -0.2) is 10.8 Å². The van der Waals surface area contributed by atoms with Gasteiger partial charge in [0.25, 0.3) is 0 Å². The molecule has 0 saturated carbocycles. The fourth-order valence-electron chi connectivity index (χ4n) is 1.86. The lowest BCUT2D eigenvalue weighted by Gasteiger charge is -2.10. The smallest absolute Gasteiger partial charge is 0.350 e. The van der Waals surface area contributed by atoms with Gasteiger partial charge in [-0.25, -0.2) is 0 Å². The molecule has 7 heteroatoms. The highest BCUT2D eigenvalue weighted by atomic mass is 35.5. The van der Waals surface area contributed by atoms with E-state index in [-0.39, 0.29) is 17.2 Å². The zero-order chi connectivity index (χ0) is 17.0. The van der Waals surface area contributed by atoms with E-state index in [4.69, 9.17) is 23.8 Å². The third kappa shape index (κ3) is 5.04. The van der Waals surface area contributed by atoms with E-state index in [1.54, 1.807) is 18.2 Å². The molecule has 2 aromatic carbocycles. The van der Waals surface area contributed by atoms with Gasteiger partial charge < -0.3 is 5.32 Å². The summed E-state index contributed by atoms with van der Waals surface area (Å²) in [6.07, 6.45) is -4.45. The van der Waals surface area contributed by atoms with Gasteiger partial charge in [-0.05, 0) is 36.4 Å². The molecule has 0 bridgehead atoms. The van der Waals surface area contributed by atoms with Gasteiger partial charge in [0.15, 0.2) is 5.78 Å². The van der Waals surface area contributed by atoms with Crippen LogP contribution in [0.1, 0.15) is 22.3 Å². The first-order valence-corrected chi connectivity index (χ1v) is 7.30. The molecule has 0 heterocycles. The molecule has 2 aromatic rings. The van der Waals surface area contributed by atoms with E-state index >= 15 is 0 Å². The molecule has 0 atom stereocenters. The second kappa shape index (κ2) is 7.10. The van der Waals surface area contributed by atoms with Crippen molar-refractivity contribution in [3.63, 3.8) is 0 Å². The summed E-state index contributed by atoms with van der Waals surface area (Å²) in [5.41, 5.74) is 0.0694. The minimum Gasteiger partial charge on any atom is -0.350 e. The van der Waals surface area contributed by atoms with Crippen LogP contribution in [0, 0.1) is 0 Å². The lowest BCUT2D eigenvalue weighted by molar-refractivity contribution is -0.137. The maximum Gasteiger partial charge on any atom is 0.416 e. The number of halogens is 4. The number of ketones is 1. The first kappa shape index (κ1) is 17.4. The van der Waals surface area contributed by atoms with Crippen molar-refractivity contribution < 1.29 is 18.0 Å². The first-order chi connectivity index (χ1) is 10.8. The van der Waals surface area contributed by atoms with Gasteiger partial charge in [-0.1, -0.05) is 36.0 Å². The molecule has 0 aromatic heterocycles. The van der Waals surface area contributed by atoms with Crippen LogP contribution >= 0.6 is 23.8 Å². The number of carbonyl (C=O) groups is 1. The van der Waals surface area contributed by atoms with Crippen molar-refractivity contribution in [2.45, 2.75) is 12.6 Å². The van der Waals surface area contributed by atoms with Gasteiger partial charge in [-0.3, -0.25) is 4.79 Å². The van der Waals surface area contributed by atoms with E-state index in [0.29, 0.717) is 16.3 Å². The Hall–Kier alpha value is -1.92. The zero-order valence-corrected chi connectivity index (χ0v) is 13.2. The molecule has 0 aliphatic carbocycles. The van der Waals surface area contributed by atoms with Crippen LogP contribution in [0.3, 0.4) is 0 Å². The summed E-state index contributed by atoms with van der Waals surface area (Å²) in [5.74, 6) is -0.225. The van der Waals surface area contributed by atoms with Gasteiger partial charge in [0, 0.05) is 16.3 Å². The number of anilines is 1. The number of Topliss-reactive ketones (excluding diaryl/α,β-unsaturated/α-hetero) is 1. The second-order valence-electron chi connectivity index (χ2n) is 4.73. The van der Waals surface area contributed by atoms with Gasteiger partial charge in [0.1, 0.15) is 0 Å². The minimum atomic E-state index is -4.39. The molecule has 1 N–H and O–H groups in total. The Morgan fingerprint density at radius 2 is 1.78 bits per heavy atom. The molecule has 2 nitrogen and oxygen atoms in total. The van der Waals surface area contributed by atoms with Gasteiger partial charge in [0.2, 0.25) is 0 Å². The molecule has 0 fully saturated rings. The van der Waals surface area contributed by atoms with Crippen LogP contribution < -0.4 is 5.32 Å². The molecular weight excluding hydrogens is 347 g/mol. The number of benzene rings is 2. The van der Waals surface area contributed by atoms with Crippen molar-refractivity contribution in [3.05, 3.63) is 64.7 Å². The van der Waals surface area contributed by atoms with Gasteiger partial charge in [-0.2, -0.15) is 13.2 Å². The average Bonchev–Trinajstić information content (AvgIpc) is 2.46. The Kier molecular flexibility index (Phi) is 5.38. The molecule has 0 aliphatic rings. The van der Waals surface area contributed by atoms with E-state index in [2.05, 4.69) is 5.32 Å². The number of hydrogen-bond donors (Lipinski definition) is 1. The summed E-state index contributed by atoms with van der Waals surface area (Å²) in [7, 11) is 0. The summed E-state index contributed by atoms with van der Waals surface area (Å²) in [4.78, 5) is 12.3. The van der Waals surface area contributed by atoms with Crippen molar-refractivity contribution in [1.82, 2.24) is 0 Å². The predicted molar refractivity (Wildman–Crippen MR) is 88.1 cm³/mol. The van der Waals surface area contributed by atoms with E-state index in [9.17, 15) is 18.0 Å². The Labute approximate surface area is 141 Å². The molecule has 0 spiro atoms. The van der Waals surface area contributed by atoms with Crippen LogP contribution in [0.5, 0.6) is 0 Å².